The zero-order valence-corrected chi connectivity index (χ0v) is 16.2. The molecule has 0 amide bonds. The molecule has 0 aliphatic carbocycles. The molecule has 7 heteroatoms. The summed E-state index contributed by atoms with van der Waals surface area (Å²) in [6.07, 6.45) is 0. The number of phenols is 2. The molecule has 0 unspecified atom stereocenters. The van der Waals surface area contributed by atoms with Crippen LogP contribution in [0.5, 0.6) is 23.0 Å². The third kappa shape index (κ3) is 4.92. The molecule has 0 saturated heterocycles. The van der Waals surface area contributed by atoms with Crippen LogP contribution in [-0.2, 0) is 13.2 Å². The first-order valence-corrected chi connectivity index (χ1v) is 9.06. The Balaban J connectivity index is 1.70. The van der Waals surface area contributed by atoms with E-state index in [0.717, 1.165) is 0 Å². The molecule has 0 aliphatic rings. The molecule has 27 heavy (non-hydrogen) atoms. The highest BCUT2D eigenvalue weighted by Crippen LogP contribution is 2.31. The van der Waals surface area contributed by atoms with Crippen LogP contribution in [0.15, 0.2) is 54.6 Å². The summed E-state index contributed by atoms with van der Waals surface area (Å²) in [6, 6.07) is 14.9. The minimum absolute atomic E-state index is 0.00382. The Hall–Kier alpha value is -2.27. The molecule has 0 saturated carbocycles. The van der Waals surface area contributed by atoms with E-state index >= 15 is 0 Å². The largest absolute Gasteiger partial charge is 0.506 e. The molecule has 0 radical (unpaired) electrons. The minimum atomic E-state index is -0.00382. The average molecular weight is 426 g/mol. The van der Waals surface area contributed by atoms with Gasteiger partial charge in [-0.2, -0.15) is 0 Å². The second-order valence-electron chi connectivity index (χ2n) is 5.70. The van der Waals surface area contributed by atoms with Gasteiger partial charge in [-0.1, -0.05) is 59.1 Å². The lowest BCUT2D eigenvalue weighted by Gasteiger charge is -2.12. The van der Waals surface area contributed by atoms with Gasteiger partial charge in [0.25, 0.3) is 0 Å². The SMILES string of the molecule is Oc1cccc(COc2cc(Cl)cc(OCc3cccc(O)c3Cl)c2)c1Cl. The topological polar surface area (TPSA) is 58.9 Å². The monoisotopic (exact) mass is 424 g/mol. The molecule has 0 spiro atoms. The van der Waals surface area contributed by atoms with Gasteiger partial charge < -0.3 is 19.7 Å². The number of hydrogen-bond donors (Lipinski definition) is 2. The normalized spacial score (nSPS) is 10.6. The van der Waals surface area contributed by atoms with E-state index in [1.807, 2.05) is 0 Å². The summed E-state index contributed by atoms with van der Waals surface area (Å²) in [5.74, 6) is 0.963. The third-order valence-electron chi connectivity index (χ3n) is 3.75. The van der Waals surface area contributed by atoms with Gasteiger partial charge in [-0.25, -0.2) is 0 Å². The van der Waals surface area contributed by atoms with Crippen molar-refractivity contribution in [1.82, 2.24) is 0 Å². The Morgan fingerprint density at radius 3 is 1.56 bits per heavy atom. The second-order valence-corrected chi connectivity index (χ2v) is 6.89. The van der Waals surface area contributed by atoms with Gasteiger partial charge in [0.1, 0.15) is 36.2 Å². The van der Waals surface area contributed by atoms with E-state index in [1.54, 1.807) is 42.5 Å². The van der Waals surface area contributed by atoms with Crippen LogP contribution in [0.25, 0.3) is 0 Å². The van der Waals surface area contributed by atoms with Crippen molar-refractivity contribution in [3.8, 4) is 23.0 Å². The van der Waals surface area contributed by atoms with Crippen LogP contribution in [0.2, 0.25) is 15.1 Å². The molecule has 3 rings (SSSR count). The highest BCUT2D eigenvalue weighted by Gasteiger charge is 2.09. The van der Waals surface area contributed by atoms with Crippen molar-refractivity contribution in [1.29, 1.82) is 0 Å². The van der Waals surface area contributed by atoms with E-state index in [1.165, 1.54) is 12.1 Å². The van der Waals surface area contributed by atoms with Gasteiger partial charge in [0.15, 0.2) is 0 Å². The Bertz CT molecular complexity index is 886. The number of benzene rings is 3. The number of aromatic hydroxyl groups is 2. The quantitative estimate of drug-likeness (QED) is 0.492. The van der Waals surface area contributed by atoms with E-state index in [4.69, 9.17) is 44.3 Å². The maximum absolute atomic E-state index is 9.65. The predicted molar refractivity (Wildman–Crippen MR) is 106 cm³/mol. The molecule has 0 bridgehead atoms. The van der Waals surface area contributed by atoms with Crippen LogP contribution in [-0.4, -0.2) is 10.2 Å². The Morgan fingerprint density at radius 2 is 1.11 bits per heavy atom. The Kier molecular flexibility index (Phi) is 6.22. The molecule has 4 nitrogen and oxygen atoms in total. The lowest BCUT2D eigenvalue weighted by atomic mass is 10.2. The van der Waals surface area contributed by atoms with Gasteiger partial charge >= 0.3 is 0 Å². The van der Waals surface area contributed by atoms with Gasteiger partial charge in [-0.15, -0.1) is 0 Å². The molecule has 0 aliphatic heterocycles. The Morgan fingerprint density at radius 1 is 0.667 bits per heavy atom. The summed E-state index contributed by atoms with van der Waals surface area (Å²) < 4.78 is 11.4. The fraction of sp³-hybridized carbons (Fsp3) is 0.100. The molecule has 3 aromatic rings. The zero-order valence-electron chi connectivity index (χ0n) is 14.0. The van der Waals surface area contributed by atoms with Gasteiger partial charge in [0.2, 0.25) is 0 Å². The molecule has 140 valence electrons. The average Bonchev–Trinajstić information content (AvgIpc) is 2.64. The van der Waals surface area contributed by atoms with E-state index in [-0.39, 0.29) is 34.8 Å². The highest BCUT2D eigenvalue weighted by molar-refractivity contribution is 6.33. The lowest BCUT2D eigenvalue weighted by molar-refractivity contribution is 0.289. The summed E-state index contributed by atoms with van der Waals surface area (Å²) in [5.41, 5.74) is 1.29. The number of ether oxygens (including phenoxy) is 2. The molecule has 0 aromatic heterocycles. The second kappa shape index (κ2) is 8.61. The zero-order chi connectivity index (χ0) is 19.4. The van der Waals surface area contributed by atoms with Crippen molar-refractivity contribution in [2.24, 2.45) is 0 Å². The molecular formula is C20H15Cl3O4. The van der Waals surface area contributed by atoms with Gasteiger partial charge in [0.05, 0.1) is 10.0 Å². The first kappa shape index (κ1) is 19.5. The maximum Gasteiger partial charge on any atom is 0.134 e. The molecular weight excluding hydrogens is 411 g/mol. The Labute approximate surface area is 171 Å². The van der Waals surface area contributed by atoms with Crippen LogP contribution in [0.1, 0.15) is 11.1 Å². The summed E-state index contributed by atoms with van der Waals surface area (Å²) >= 11 is 18.2. The lowest BCUT2D eigenvalue weighted by Crippen LogP contribution is -1.99. The van der Waals surface area contributed by atoms with Crippen molar-refractivity contribution in [2.75, 3.05) is 0 Å². The van der Waals surface area contributed by atoms with Crippen LogP contribution in [0.3, 0.4) is 0 Å². The van der Waals surface area contributed by atoms with Crippen LogP contribution >= 0.6 is 34.8 Å². The number of hydrogen-bond acceptors (Lipinski definition) is 4. The van der Waals surface area contributed by atoms with Crippen LogP contribution in [0.4, 0.5) is 0 Å². The molecule has 3 aromatic carbocycles. The highest BCUT2D eigenvalue weighted by atomic mass is 35.5. The first-order valence-electron chi connectivity index (χ1n) is 7.93. The van der Waals surface area contributed by atoms with Crippen molar-refractivity contribution in [3.05, 3.63) is 80.8 Å². The number of rotatable bonds is 6. The van der Waals surface area contributed by atoms with Crippen molar-refractivity contribution < 1.29 is 19.7 Å². The summed E-state index contributed by atoms with van der Waals surface area (Å²) in [7, 11) is 0. The number of phenolic OH excluding ortho intramolecular Hbond substituents is 2. The first-order chi connectivity index (χ1) is 12.9. The van der Waals surface area contributed by atoms with E-state index in [2.05, 4.69) is 0 Å². The standard InChI is InChI=1S/C20H15Cl3O4/c21-14-7-15(26-10-12-3-1-5-17(24)19(12)22)9-16(8-14)27-11-13-4-2-6-18(25)20(13)23/h1-9,24-25H,10-11H2. The molecule has 0 heterocycles. The number of halogens is 3. The van der Waals surface area contributed by atoms with E-state index in [0.29, 0.717) is 27.6 Å². The van der Waals surface area contributed by atoms with Gasteiger partial charge in [0, 0.05) is 22.2 Å². The van der Waals surface area contributed by atoms with Crippen molar-refractivity contribution in [3.63, 3.8) is 0 Å². The molecule has 0 atom stereocenters. The van der Waals surface area contributed by atoms with Crippen molar-refractivity contribution >= 4 is 34.8 Å². The van der Waals surface area contributed by atoms with Crippen LogP contribution < -0.4 is 9.47 Å². The predicted octanol–water partition coefficient (Wildman–Crippen LogP) is 6.22. The van der Waals surface area contributed by atoms with Gasteiger partial charge in [-0.3, -0.25) is 0 Å². The van der Waals surface area contributed by atoms with E-state index in [9.17, 15) is 10.2 Å². The van der Waals surface area contributed by atoms with E-state index < -0.39 is 0 Å². The summed E-state index contributed by atoms with van der Waals surface area (Å²) in [5, 5.41) is 20.2. The van der Waals surface area contributed by atoms with Crippen molar-refractivity contribution in [2.45, 2.75) is 13.2 Å². The smallest absolute Gasteiger partial charge is 0.134 e. The van der Waals surface area contributed by atoms with Crippen LogP contribution in [0, 0.1) is 0 Å². The summed E-state index contributed by atoms with van der Waals surface area (Å²) in [4.78, 5) is 0. The fourth-order valence-electron chi connectivity index (χ4n) is 2.38. The molecule has 0 fully saturated rings. The third-order valence-corrected chi connectivity index (χ3v) is 4.84. The molecule has 2 N–H and O–H groups in total. The fourth-order valence-corrected chi connectivity index (χ4v) is 2.96. The summed E-state index contributed by atoms with van der Waals surface area (Å²) in [6.45, 7) is 0.316. The van der Waals surface area contributed by atoms with Gasteiger partial charge in [-0.05, 0) is 24.3 Å². The minimum Gasteiger partial charge on any atom is -0.506 e. The maximum atomic E-state index is 9.65.